The van der Waals surface area contributed by atoms with E-state index < -0.39 is 0 Å². The molecular formula is C6H10N2O2. The first kappa shape index (κ1) is 7.21. The van der Waals surface area contributed by atoms with Crippen molar-refractivity contribution in [3.8, 4) is 0 Å². The maximum absolute atomic E-state index is 4.95. The van der Waals surface area contributed by atoms with Gasteiger partial charge in [0.1, 0.15) is 6.10 Å². The second-order valence-electron chi connectivity index (χ2n) is 2.06. The summed E-state index contributed by atoms with van der Waals surface area (Å²) in [5, 5.41) is 3.62. The predicted molar refractivity (Wildman–Crippen MR) is 34.5 cm³/mol. The third kappa shape index (κ3) is 1.33. The number of hydrogen-bond acceptors (Lipinski definition) is 4. The van der Waals surface area contributed by atoms with Crippen LogP contribution in [0.15, 0.2) is 4.52 Å². The molecule has 0 aromatic carbocycles. The Bertz CT molecular complexity index is 209. The Hall–Kier alpha value is -0.900. The van der Waals surface area contributed by atoms with Gasteiger partial charge in [0.2, 0.25) is 0 Å². The van der Waals surface area contributed by atoms with E-state index in [1.54, 1.807) is 14.0 Å². The Morgan fingerprint density at radius 1 is 1.60 bits per heavy atom. The topological polar surface area (TPSA) is 48.2 Å². The second-order valence-corrected chi connectivity index (χ2v) is 2.06. The number of methoxy groups -OCH3 is 1. The van der Waals surface area contributed by atoms with Crippen molar-refractivity contribution in [2.24, 2.45) is 0 Å². The van der Waals surface area contributed by atoms with Crippen molar-refractivity contribution in [1.29, 1.82) is 0 Å². The fourth-order valence-corrected chi connectivity index (χ4v) is 0.579. The van der Waals surface area contributed by atoms with E-state index in [2.05, 4.69) is 10.1 Å². The van der Waals surface area contributed by atoms with E-state index >= 15 is 0 Å². The van der Waals surface area contributed by atoms with Crippen molar-refractivity contribution in [3.05, 3.63) is 11.7 Å². The van der Waals surface area contributed by atoms with Crippen LogP contribution >= 0.6 is 0 Å². The molecule has 0 aliphatic rings. The Balaban J connectivity index is 2.74. The molecule has 0 bridgehead atoms. The average Bonchev–Trinajstić information content (AvgIpc) is 2.34. The zero-order chi connectivity index (χ0) is 7.56. The maximum Gasteiger partial charge on any atom is 0.255 e. The number of ether oxygens (including phenoxy) is 1. The van der Waals surface area contributed by atoms with Crippen LogP contribution in [-0.4, -0.2) is 17.3 Å². The van der Waals surface area contributed by atoms with Gasteiger partial charge in [0.15, 0.2) is 5.82 Å². The van der Waals surface area contributed by atoms with Crippen LogP contribution < -0.4 is 0 Å². The van der Waals surface area contributed by atoms with E-state index in [1.165, 1.54) is 0 Å². The first-order valence-corrected chi connectivity index (χ1v) is 3.07. The van der Waals surface area contributed by atoms with E-state index in [1.807, 2.05) is 6.92 Å². The molecule has 4 nitrogen and oxygen atoms in total. The molecule has 0 spiro atoms. The molecule has 0 aliphatic heterocycles. The molecule has 1 aromatic rings. The molecule has 0 aliphatic carbocycles. The summed E-state index contributed by atoms with van der Waals surface area (Å²) in [6.45, 7) is 3.63. The highest BCUT2D eigenvalue weighted by Crippen LogP contribution is 2.11. The lowest BCUT2D eigenvalue weighted by Crippen LogP contribution is -1.95. The van der Waals surface area contributed by atoms with Gasteiger partial charge < -0.3 is 9.26 Å². The Morgan fingerprint density at radius 3 is 2.70 bits per heavy atom. The number of aryl methyl sites for hydroxylation is 1. The van der Waals surface area contributed by atoms with Crippen LogP contribution in [0.2, 0.25) is 0 Å². The standard InChI is InChI=1S/C6H10N2O2/c1-4(9-3)6-7-5(2)8-10-6/h4H,1-3H3. The molecule has 1 aromatic heterocycles. The molecule has 0 radical (unpaired) electrons. The molecule has 0 fully saturated rings. The number of nitrogens with zero attached hydrogens (tertiary/aromatic N) is 2. The first-order valence-electron chi connectivity index (χ1n) is 3.07. The maximum atomic E-state index is 4.95. The molecule has 0 amide bonds. The fourth-order valence-electron chi connectivity index (χ4n) is 0.579. The minimum atomic E-state index is -0.110. The van der Waals surface area contributed by atoms with Gasteiger partial charge in [0.05, 0.1) is 0 Å². The van der Waals surface area contributed by atoms with Crippen molar-refractivity contribution < 1.29 is 9.26 Å². The van der Waals surface area contributed by atoms with Gasteiger partial charge in [-0.05, 0) is 13.8 Å². The molecule has 1 unspecified atom stereocenters. The quantitative estimate of drug-likeness (QED) is 0.620. The van der Waals surface area contributed by atoms with Gasteiger partial charge in [-0.25, -0.2) is 0 Å². The average molecular weight is 142 g/mol. The molecule has 4 heteroatoms. The molecule has 0 N–H and O–H groups in total. The van der Waals surface area contributed by atoms with Crippen LogP contribution in [0, 0.1) is 6.92 Å². The zero-order valence-corrected chi connectivity index (χ0v) is 6.29. The van der Waals surface area contributed by atoms with Gasteiger partial charge in [0.25, 0.3) is 5.89 Å². The summed E-state index contributed by atoms with van der Waals surface area (Å²) >= 11 is 0. The number of aromatic nitrogens is 2. The molecule has 0 saturated carbocycles. The van der Waals surface area contributed by atoms with Gasteiger partial charge in [-0.3, -0.25) is 0 Å². The molecule has 1 heterocycles. The Morgan fingerprint density at radius 2 is 2.30 bits per heavy atom. The van der Waals surface area contributed by atoms with Crippen molar-refractivity contribution in [1.82, 2.24) is 10.1 Å². The predicted octanol–water partition coefficient (Wildman–Crippen LogP) is 1.09. The van der Waals surface area contributed by atoms with Gasteiger partial charge in [-0.2, -0.15) is 4.98 Å². The Labute approximate surface area is 59.2 Å². The van der Waals surface area contributed by atoms with Crippen molar-refractivity contribution in [3.63, 3.8) is 0 Å². The highest BCUT2D eigenvalue weighted by atomic mass is 16.5. The van der Waals surface area contributed by atoms with E-state index in [0.717, 1.165) is 0 Å². The van der Waals surface area contributed by atoms with Crippen LogP contribution in [0.4, 0.5) is 0 Å². The molecule has 10 heavy (non-hydrogen) atoms. The van der Waals surface area contributed by atoms with Crippen molar-refractivity contribution >= 4 is 0 Å². The van der Waals surface area contributed by atoms with Crippen LogP contribution in [0.5, 0.6) is 0 Å². The number of hydrogen-bond donors (Lipinski definition) is 0. The van der Waals surface area contributed by atoms with Crippen LogP contribution in [0.25, 0.3) is 0 Å². The van der Waals surface area contributed by atoms with E-state index in [9.17, 15) is 0 Å². The zero-order valence-electron chi connectivity index (χ0n) is 6.29. The molecule has 1 rings (SSSR count). The lowest BCUT2D eigenvalue weighted by atomic mass is 10.4. The SMILES string of the molecule is COC(C)c1nc(C)no1. The molecule has 56 valence electrons. The smallest absolute Gasteiger partial charge is 0.255 e. The highest BCUT2D eigenvalue weighted by molar-refractivity contribution is 4.85. The van der Waals surface area contributed by atoms with Gasteiger partial charge in [-0.1, -0.05) is 5.16 Å². The largest absolute Gasteiger partial charge is 0.372 e. The van der Waals surface area contributed by atoms with E-state index in [-0.39, 0.29) is 6.10 Å². The molecule has 1 atom stereocenters. The normalized spacial score (nSPS) is 13.5. The minimum Gasteiger partial charge on any atom is -0.372 e. The fraction of sp³-hybridized carbons (Fsp3) is 0.667. The summed E-state index contributed by atoms with van der Waals surface area (Å²) in [5.41, 5.74) is 0. The third-order valence-corrected chi connectivity index (χ3v) is 1.24. The second kappa shape index (κ2) is 2.79. The first-order chi connectivity index (χ1) is 4.74. The minimum absolute atomic E-state index is 0.110. The van der Waals surface area contributed by atoms with E-state index in [0.29, 0.717) is 11.7 Å². The lowest BCUT2D eigenvalue weighted by Gasteiger charge is -2.00. The molecular weight excluding hydrogens is 132 g/mol. The van der Waals surface area contributed by atoms with Crippen molar-refractivity contribution in [2.45, 2.75) is 20.0 Å². The van der Waals surface area contributed by atoms with Gasteiger partial charge in [0, 0.05) is 7.11 Å². The summed E-state index contributed by atoms with van der Waals surface area (Å²) in [7, 11) is 1.60. The summed E-state index contributed by atoms with van der Waals surface area (Å²) in [6, 6.07) is 0. The van der Waals surface area contributed by atoms with Crippen LogP contribution in [0.1, 0.15) is 24.7 Å². The van der Waals surface area contributed by atoms with Crippen LogP contribution in [0.3, 0.4) is 0 Å². The monoisotopic (exact) mass is 142 g/mol. The summed E-state index contributed by atoms with van der Waals surface area (Å²) in [4.78, 5) is 3.98. The lowest BCUT2D eigenvalue weighted by molar-refractivity contribution is 0.0886. The highest BCUT2D eigenvalue weighted by Gasteiger charge is 2.10. The molecule has 0 saturated heterocycles. The van der Waals surface area contributed by atoms with Crippen LogP contribution in [-0.2, 0) is 4.74 Å². The third-order valence-electron chi connectivity index (χ3n) is 1.24. The Kier molecular flexibility index (Phi) is 2.01. The number of rotatable bonds is 2. The summed E-state index contributed by atoms with van der Waals surface area (Å²) in [6.07, 6.45) is -0.110. The summed E-state index contributed by atoms with van der Waals surface area (Å²) < 4.78 is 9.78. The van der Waals surface area contributed by atoms with Gasteiger partial charge in [-0.15, -0.1) is 0 Å². The van der Waals surface area contributed by atoms with Crippen molar-refractivity contribution in [2.75, 3.05) is 7.11 Å². The van der Waals surface area contributed by atoms with Gasteiger partial charge >= 0.3 is 0 Å². The van der Waals surface area contributed by atoms with E-state index in [4.69, 9.17) is 9.26 Å². The summed E-state index contributed by atoms with van der Waals surface area (Å²) in [5.74, 6) is 1.17.